The average Bonchev–Trinajstić information content (AvgIpc) is 3.47. The van der Waals surface area contributed by atoms with Crippen LogP contribution in [0, 0.1) is 23.7 Å². The zero-order chi connectivity index (χ0) is 20.8. The first kappa shape index (κ1) is 19.0. The number of aromatic nitrogens is 1. The van der Waals surface area contributed by atoms with E-state index in [0.29, 0.717) is 11.7 Å². The van der Waals surface area contributed by atoms with Gasteiger partial charge in [0.15, 0.2) is 5.13 Å². The molecule has 9 heteroatoms. The third kappa shape index (κ3) is 3.13. The number of hydrogen-bond donors (Lipinski definition) is 2. The number of urea groups is 1. The van der Waals surface area contributed by atoms with Crippen LogP contribution in [-0.2, 0) is 9.59 Å². The van der Waals surface area contributed by atoms with Crippen LogP contribution in [0.3, 0.4) is 0 Å². The van der Waals surface area contributed by atoms with Gasteiger partial charge in [-0.1, -0.05) is 23.5 Å². The number of allylic oxidation sites excluding steroid dienone is 2. The van der Waals surface area contributed by atoms with Crippen LogP contribution < -0.4 is 15.4 Å². The van der Waals surface area contributed by atoms with E-state index >= 15 is 0 Å². The lowest BCUT2D eigenvalue weighted by Crippen LogP contribution is -2.40. The molecule has 1 saturated carbocycles. The predicted molar refractivity (Wildman–Crippen MR) is 112 cm³/mol. The number of thiazole rings is 1. The molecule has 4 amide bonds. The SMILES string of the molecule is CCOc1ccc2sc(NC(=O)NCCN3C(=O)C4C5C=CC(C5)C4C3=O)nc2c1. The van der Waals surface area contributed by atoms with Gasteiger partial charge in [0.1, 0.15) is 5.75 Å². The molecule has 2 fully saturated rings. The highest BCUT2D eigenvalue weighted by molar-refractivity contribution is 7.22. The molecule has 0 spiro atoms. The molecule has 4 atom stereocenters. The molecule has 1 aromatic carbocycles. The molecule has 1 aliphatic heterocycles. The molecule has 156 valence electrons. The number of fused-ring (bicyclic) bond motifs is 6. The quantitative estimate of drug-likeness (QED) is 0.546. The van der Waals surface area contributed by atoms with Crippen LogP contribution in [0.15, 0.2) is 30.4 Å². The molecule has 2 aliphatic carbocycles. The second-order valence-electron chi connectivity index (χ2n) is 7.79. The number of likely N-dealkylation sites (tertiary alicyclic amines) is 1. The van der Waals surface area contributed by atoms with E-state index in [1.807, 2.05) is 25.1 Å². The highest BCUT2D eigenvalue weighted by atomic mass is 32.1. The van der Waals surface area contributed by atoms with Gasteiger partial charge in [-0.2, -0.15) is 0 Å². The Kier molecular flexibility index (Phi) is 4.69. The summed E-state index contributed by atoms with van der Waals surface area (Å²) in [5.74, 6) is 0.525. The van der Waals surface area contributed by atoms with Gasteiger partial charge < -0.3 is 10.1 Å². The highest BCUT2D eigenvalue weighted by Crippen LogP contribution is 2.52. The van der Waals surface area contributed by atoms with E-state index in [-0.39, 0.29) is 48.6 Å². The summed E-state index contributed by atoms with van der Waals surface area (Å²) in [5.41, 5.74) is 0.754. The summed E-state index contributed by atoms with van der Waals surface area (Å²) in [6.07, 6.45) is 5.05. The second kappa shape index (κ2) is 7.39. The minimum Gasteiger partial charge on any atom is -0.494 e. The van der Waals surface area contributed by atoms with Crippen LogP contribution in [-0.4, -0.2) is 47.4 Å². The van der Waals surface area contributed by atoms with Crippen molar-refractivity contribution in [2.75, 3.05) is 25.0 Å². The van der Waals surface area contributed by atoms with Crippen molar-refractivity contribution in [3.05, 3.63) is 30.4 Å². The van der Waals surface area contributed by atoms with Gasteiger partial charge in [0.05, 0.1) is 28.7 Å². The standard InChI is InChI=1S/C21H22N4O4S/c1-2-29-13-5-6-15-14(10-13)23-21(30-15)24-20(28)22-7-8-25-18(26)16-11-3-4-12(9-11)17(16)19(25)27/h3-6,10-12,16-17H,2,7-9H2,1H3,(H2,22,23,24,28). The van der Waals surface area contributed by atoms with Gasteiger partial charge in [0.25, 0.3) is 0 Å². The van der Waals surface area contributed by atoms with E-state index in [1.54, 1.807) is 0 Å². The number of ether oxygens (including phenoxy) is 1. The van der Waals surface area contributed by atoms with Crippen molar-refractivity contribution in [3.63, 3.8) is 0 Å². The monoisotopic (exact) mass is 426 g/mol. The van der Waals surface area contributed by atoms with Crippen LogP contribution in [0.1, 0.15) is 13.3 Å². The van der Waals surface area contributed by atoms with Gasteiger partial charge >= 0.3 is 6.03 Å². The Labute approximate surface area is 177 Å². The number of amides is 4. The largest absolute Gasteiger partial charge is 0.494 e. The fraction of sp³-hybridized carbons (Fsp3) is 0.429. The number of rotatable bonds is 6. The number of carbonyl (C=O) groups is 3. The second-order valence-corrected chi connectivity index (χ2v) is 8.82. The lowest BCUT2D eigenvalue weighted by atomic mass is 9.85. The third-order valence-corrected chi connectivity index (χ3v) is 7.02. The van der Waals surface area contributed by atoms with E-state index < -0.39 is 6.03 Å². The predicted octanol–water partition coefficient (Wildman–Crippen LogP) is 2.62. The topological polar surface area (TPSA) is 101 Å². The summed E-state index contributed by atoms with van der Waals surface area (Å²) in [4.78, 5) is 43.3. The summed E-state index contributed by atoms with van der Waals surface area (Å²) in [7, 11) is 0. The van der Waals surface area contributed by atoms with Crippen molar-refractivity contribution < 1.29 is 19.1 Å². The van der Waals surface area contributed by atoms with E-state index in [0.717, 1.165) is 22.4 Å². The smallest absolute Gasteiger partial charge is 0.321 e. The van der Waals surface area contributed by atoms with Crippen LogP contribution in [0.2, 0.25) is 0 Å². The maximum atomic E-state index is 12.7. The Morgan fingerprint density at radius 2 is 1.97 bits per heavy atom. The first-order valence-corrected chi connectivity index (χ1v) is 11.0. The molecule has 2 bridgehead atoms. The number of nitrogens with one attached hydrogen (secondary N) is 2. The van der Waals surface area contributed by atoms with E-state index in [4.69, 9.17) is 4.74 Å². The van der Waals surface area contributed by atoms with Gasteiger partial charge in [-0.15, -0.1) is 0 Å². The van der Waals surface area contributed by atoms with Gasteiger partial charge in [-0.05, 0) is 37.3 Å². The van der Waals surface area contributed by atoms with Crippen molar-refractivity contribution in [1.29, 1.82) is 0 Å². The minimum atomic E-state index is -0.417. The molecule has 3 aliphatic rings. The first-order valence-electron chi connectivity index (χ1n) is 10.2. The normalized spacial score (nSPS) is 26.5. The molecule has 2 aromatic rings. The van der Waals surface area contributed by atoms with Crippen molar-refractivity contribution in [2.24, 2.45) is 23.7 Å². The third-order valence-electron chi connectivity index (χ3n) is 6.07. The Hall–Kier alpha value is -2.94. The number of carbonyl (C=O) groups excluding carboxylic acids is 3. The molecule has 1 aromatic heterocycles. The zero-order valence-electron chi connectivity index (χ0n) is 16.5. The summed E-state index contributed by atoms with van der Waals surface area (Å²) >= 11 is 1.37. The highest BCUT2D eigenvalue weighted by Gasteiger charge is 2.58. The Morgan fingerprint density at radius 3 is 2.67 bits per heavy atom. The Morgan fingerprint density at radius 1 is 1.23 bits per heavy atom. The number of anilines is 1. The number of hydrogen-bond acceptors (Lipinski definition) is 6. The van der Waals surface area contributed by atoms with Gasteiger partial charge in [0.2, 0.25) is 11.8 Å². The van der Waals surface area contributed by atoms with Crippen molar-refractivity contribution >= 4 is 44.5 Å². The lowest BCUT2D eigenvalue weighted by Gasteiger charge is -2.17. The molecule has 0 radical (unpaired) electrons. The number of benzene rings is 1. The van der Waals surface area contributed by atoms with E-state index in [1.165, 1.54) is 16.2 Å². The van der Waals surface area contributed by atoms with Crippen LogP contribution in [0.25, 0.3) is 10.2 Å². The van der Waals surface area contributed by atoms with E-state index in [9.17, 15) is 14.4 Å². The Bertz CT molecular complexity index is 1030. The van der Waals surface area contributed by atoms with Crippen LogP contribution in [0.4, 0.5) is 9.93 Å². The van der Waals surface area contributed by atoms with Crippen molar-refractivity contribution in [2.45, 2.75) is 13.3 Å². The van der Waals surface area contributed by atoms with Crippen LogP contribution in [0.5, 0.6) is 5.75 Å². The fourth-order valence-corrected chi connectivity index (χ4v) is 5.67. The Balaban J connectivity index is 1.15. The summed E-state index contributed by atoms with van der Waals surface area (Å²) in [6, 6.07) is 5.20. The molecule has 5 rings (SSSR count). The summed E-state index contributed by atoms with van der Waals surface area (Å²) < 4.78 is 6.41. The summed E-state index contributed by atoms with van der Waals surface area (Å²) in [6.45, 7) is 2.88. The average molecular weight is 426 g/mol. The fourth-order valence-electron chi connectivity index (χ4n) is 4.82. The molecule has 4 unspecified atom stereocenters. The van der Waals surface area contributed by atoms with Gasteiger partial charge in [-0.25, -0.2) is 9.78 Å². The molecule has 2 heterocycles. The molecular weight excluding hydrogens is 404 g/mol. The zero-order valence-corrected chi connectivity index (χ0v) is 17.3. The molecule has 30 heavy (non-hydrogen) atoms. The molecular formula is C21H22N4O4S. The van der Waals surface area contributed by atoms with Gasteiger partial charge in [0, 0.05) is 19.2 Å². The van der Waals surface area contributed by atoms with Gasteiger partial charge in [-0.3, -0.25) is 19.8 Å². The molecule has 8 nitrogen and oxygen atoms in total. The van der Waals surface area contributed by atoms with Crippen molar-refractivity contribution in [1.82, 2.24) is 15.2 Å². The minimum absolute atomic E-state index is 0.0969. The maximum Gasteiger partial charge on any atom is 0.321 e. The van der Waals surface area contributed by atoms with Crippen LogP contribution >= 0.6 is 11.3 Å². The number of nitrogens with zero attached hydrogens (tertiary/aromatic N) is 2. The van der Waals surface area contributed by atoms with Crippen molar-refractivity contribution in [3.8, 4) is 5.75 Å². The molecule has 2 N–H and O–H groups in total. The lowest BCUT2D eigenvalue weighted by molar-refractivity contribution is -0.140. The molecule has 1 saturated heterocycles. The number of imide groups is 1. The first-order chi connectivity index (χ1) is 14.5. The summed E-state index contributed by atoms with van der Waals surface area (Å²) in [5, 5.41) is 5.90. The van der Waals surface area contributed by atoms with E-state index in [2.05, 4.69) is 27.8 Å². The maximum absolute atomic E-state index is 12.7.